The van der Waals surface area contributed by atoms with E-state index in [0.717, 1.165) is 19.7 Å². The monoisotopic (exact) mass is 474 g/mol. The molecule has 0 heterocycles. The van der Waals surface area contributed by atoms with Crippen molar-refractivity contribution in [3.05, 3.63) is 83.4 Å². The van der Waals surface area contributed by atoms with Crippen LogP contribution in [0.4, 0.5) is 22.7 Å². The van der Waals surface area contributed by atoms with Crippen molar-refractivity contribution in [3.63, 3.8) is 0 Å². The molecule has 0 radical (unpaired) electrons. The van der Waals surface area contributed by atoms with Crippen LogP contribution in [0, 0.1) is 19.3 Å². The summed E-state index contributed by atoms with van der Waals surface area (Å²) in [6, 6.07) is 17.5. The molecule has 0 amide bonds. The third-order valence-electron chi connectivity index (χ3n) is 4.72. The minimum Gasteiger partial charge on any atom is -0.290 e. The number of nitrogens with zero attached hydrogens (tertiary/aromatic N) is 2. The summed E-state index contributed by atoms with van der Waals surface area (Å²) in [7, 11) is -6.44. The highest BCUT2D eigenvalue weighted by Gasteiger charge is 2.23. The van der Waals surface area contributed by atoms with Gasteiger partial charge in [-0.3, -0.25) is 16.1 Å². The Morgan fingerprint density at radius 3 is 1.59 bits per heavy atom. The molecular weight excluding hydrogens is 452 g/mol. The molecule has 0 aliphatic rings. The molecule has 0 spiro atoms. The van der Waals surface area contributed by atoms with Crippen molar-refractivity contribution in [1.82, 2.24) is 5.48 Å². The van der Waals surface area contributed by atoms with Crippen LogP contribution in [0.2, 0.25) is 0 Å². The van der Waals surface area contributed by atoms with Crippen molar-refractivity contribution >= 4 is 50.4 Å². The molecule has 168 valence electrons. The lowest BCUT2D eigenvalue weighted by atomic mass is 10.1. The molecule has 32 heavy (non-hydrogen) atoms. The van der Waals surface area contributed by atoms with Gasteiger partial charge in [-0.1, -0.05) is 35.4 Å². The van der Waals surface area contributed by atoms with Crippen LogP contribution in [-0.2, 0) is 21.8 Å². The second-order valence-corrected chi connectivity index (χ2v) is 8.71. The molecule has 3 aromatic rings. The highest BCUT2D eigenvalue weighted by atomic mass is 32.2. The summed E-state index contributed by atoms with van der Waals surface area (Å²) >= 11 is 0. The molecule has 0 saturated heterocycles. The number of anilines is 4. The summed E-state index contributed by atoms with van der Waals surface area (Å²) in [6.07, 6.45) is 0. The van der Waals surface area contributed by atoms with E-state index in [2.05, 4.69) is 0 Å². The van der Waals surface area contributed by atoms with Crippen molar-refractivity contribution in [3.8, 4) is 0 Å². The quantitative estimate of drug-likeness (QED) is 0.155. The highest BCUT2D eigenvalue weighted by Crippen LogP contribution is 2.39. The fourth-order valence-corrected chi connectivity index (χ4v) is 4.43. The molecule has 0 aliphatic heterocycles. The normalized spacial score (nSPS) is 10.9. The molecule has 0 saturated carbocycles. The third kappa shape index (κ3) is 4.90. The maximum absolute atomic E-state index is 12.3. The minimum absolute atomic E-state index is 0.00207. The van der Waals surface area contributed by atoms with E-state index in [-0.39, 0.29) is 22.8 Å². The van der Waals surface area contributed by atoms with Gasteiger partial charge in [-0.25, -0.2) is 25.4 Å². The SMILES string of the molecule is Cc1ccc(N(c2ccc(C(=N)NO)cc2N(c2ccc(C)cc2)[SH](=O)=O)[SH](=O)=O)cc1. The smallest absolute Gasteiger partial charge is 0.229 e. The van der Waals surface area contributed by atoms with Crippen LogP contribution in [0.1, 0.15) is 16.7 Å². The van der Waals surface area contributed by atoms with Crippen LogP contribution in [0.25, 0.3) is 0 Å². The van der Waals surface area contributed by atoms with Gasteiger partial charge in [0.25, 0.3) is 0 Å². The summed E-state index contributed by atoms with van der Waals surface area (Å²) in [5, 5.41) is 17.0. The first-order valence-electron chi connectivity index (χ1n) is 9.38. The minimum atomic E-state index is -3.24. The molecule has 0 unspecified atom stereocenters. The highest BCUT2D eigenvalue weighted by molar-refractivity contribution is 7.75. The zero-order valence-corrected chi connectivity index (χ0v) is 19.0. The Morgan fingerprint density at radius 2 is 1.19 bits per heavy atom. The predicted octanol–water partition coefficient (Wildman–Crippen LogP) is 2.94. The number of rotatable bonds is 7. The van der Waals surface area contributed by atoms with E-state index in [1.165, 1.54) is 18.2 Å². The largest absolute Gasteiger partial charge is 0.290 e. The van der Waals surface area contributed by atoms with Gasteiger partial charge in [-0.05, 0) is 56.3 Å². The van der Waals surface area contributed by atoms with E-state index in [1.54, 1.807) is 54.0 Å². The summed E-state index contributed by atoms with van der Waals surface area (Å²) < 4.78 is 51.2. The first kappa shape index (κ1) is 23.3. The fraction of sp³-hybridized carbons (Fsp3) is 0.0952. The Morgan fingerprint density at radius 1 is 0.750 bits per heavy atom. The molecule has 0 bridgehead atoms. The zero-order valence-electron chi connectivity index (χ0n) is 17.2. The number of hydroxylamine groups is 1. The summed E-state index contributed by atoms with van der Waals surface area (Å²) in [4.78, 5) is 0. The number of aryl methyl sites for hydroxylation is 2. The van der Waals surface area contributed by atoms with E-state index in [4.69, 9.17) is 10.6 Å². The number of nitrogens with one attached hydrogen (secondary N) is 2. The Kier molecular flexibility index (Phi) is 7.13. The molecule has 3 aromatic carbocycles. The topological polar surface area (TPSA) is 131 Å². The van der Waals surface area contributed by atoms with Crippen molar-refractivity contribution in [1.29, 1.82) is 5.41 Å². The molecular formula is C21H22N4O5S2. The molecule has 0 aromatic heterocycles. The van der Waals surface area contributed by atoms with Gasteiger partial charge in [0.15, 0.2) is 0 Å². The Bertz CT molecular complexity index is 1270. The van der Waals surface area contributed by atoms with Gasteiger partial charge < -0.3 is 0 Å². The average Bonchev–Trinajstić information content (AvgIpc) is 2.76. The van der Waals surface area contributed by atoms with Crippen LogP contribution in [0.3, 0.4) is 0 Å². The van der Waals surface area contributed by atoms with Crippen LogP contribution >= 0.6 is 0 Å². The lowest BCUT2D eigenvalue weighted by Crippen LogP contribution is -2.23. The molecule has 0 atom stereocenters. The van der Waals surface area contributed by atoms with Crippen molar-refractivity contribution in [2.24, 2.45) is 0 Å². The van der Waals surface area contributed by atoms with E-state index in [9.17, 15) is 16.8 Å². The molecule has 0 fully saturated rings. The molecule has 3 rings (SSSR count). The lowest BCUT2D eigenvalue weighted by Gasteiger charge is -2.27. The van der Waals surface area contributed by atoms with Crippen molar-refractivity contribution in [2.75, 3.05) is 8.61 Å². The Balaban J connectivity index is 2.31. The predicted molar refractivity (Wildman–Crippen MR) is 125 cm³/mol. The van der Waals surface area contributed by atoms with Gasteiger partial charge in [0.2, 0.25) is 21.8 Å². The first-order chi connectivity index (χ1) is 15.2. The fourth-order valence-electron chi connectivity index (χ4n) is 3.11. The second kappa shape index (κ2) is 9.81. The third-order valence-corrected chi connectivity index (χ3v) is 6.26. The van der Waals surface area contributed by atoms with E-state index >= 15 is 0 Å². The standard InChI is InChI=1S/C21H22N4O5S2/c1-14-3-8-17(9-4-14)24(31(27)28)19-12-7-16(21(22)23-26)13-20(19)25(32(29)30)18-10-5-15(2)6-11-18/h3-13,26,31-32H,1-2H3,(H2,22,23). The lowest BCUT2D eigenvalue weighted by molar-refractivity contribution is 0.234. The van der Waals surface area contributed by atoms with Crippen molar-refractivity contribution in [2.45, 2.75) is 13.8 Å². The average molecular weight is 475 g/mol. The molecule has 3 N–H and O–H groups in total. The van der Waals surface area contributed by atoms with E-state index < -0.39 is 21.8 Å². The Hall–Kier alpha value is -3.41. The summed E-state index contributed by atoms with van der Waals surface area (Å²) in [6.45, 7) is 3.72. The van der Waals surface area contributed by atoms with Crippen LogP contribution in [0.5, 0.6) is 0 Å². The van der Waals surface area contributed by atoms with Gasteiger partial charge in [-0.2, -0.15) is 0 Å². The van der Waals surface area contributed by atoms with E-state index in [1.807, 2.05) is 13.8 Å². The first-order valence-corrected chi connectivity index (χ1v) is 11.6. The van der Waals surface area contributed by atoms with E-state index in [0.29, 0.717) is 11.4 Å². The zero-order chi connectivity index (χ0) is 23.4. The van der Waals surface area contributed by atoms with Crippen LogP contribution in [-0.4, -0.2) is 27.9 Å². The van der Waals surface area contributed by atoms with Gasteiger partial charge >= 0.3 is 0 Å². The molecule has 0 aliphatic carbocycles. The number of hydrogen-bond donors (Lipinski definition) is 5. The summed E-state index contributed by atoms with van der Waals surface area (Å²) in [5.41, 5.74) is 4.40. The van der Waals surface area contributed by atoms with Crippen molar-refractivity contribution < 1.29 is 22.0 Å². The maximum Gasteiger partial charge on any atom is 0.229 e. The second-order valence-electron chi connectivity index (χ2n) is 6.96. The number of benzene rings is 3. The number of thiol groups is 2. The van der Waals surface area contributed by atoms with Crippen LogP contribution in [0.15, 0.2) is 66.7 Å². The maximum atomic E-state index is 12.3. The van der Waals surface area contributed by atoms with Crippen LogP contribution < -0.4 is 14.1 Å². The van der Waals surface area contributed by atoms with Gasteiger partial charge in [-0.15, -0.1) is 0 Å². The van der Waals surface area contributed by atoms with Gasteiger partial charge in [0.05, 0.1) is 22.7 Å². The summed E-state index contributed by atoms with van der Waals surface area (Å²) in [5.74, 6) is -0.379. The molecule has 9 nitrogen and oxygen atoms in total. The Labute approximate surface area is 189 Å². The number of hydrogen-bond acceptors (Lipinski definition) is 6. The van der Waals surface area contributed by atoms with Gasteiger partial charge in [0, 0.05) is 5.56 Å². The number of amidine groups is 1. The van der Waals surface area contributed by atoms with Gasteiger partial charge in [0.1, 0.15) is 5.84 Å². The molecule has 11 heteroatoms.